The summed E-state index contributed by atoms with van der Waals surface area (Å²) in [5.41, 5.74) is 1.07. The first-order chi connectivity index (χ1) is 14.1. The Morgan fingerprint density at radius 1 is 1.34 bits per heavy atom. The molecule has 4 heterocycles. The molecule has 0 unspecified atom stereocenters. The summed E-state index contributed by atoms with van der Waals surface area (Å²) in [6, 6.07) is 9.98. The van der Waals surface area contributed by atoms with Crippen LogP contribution >= 0.6 is 0 Å². The molecule has 1 aromatic heterocycles. The zero-order valence-corrected chi connectivity index (χ0v) is 16.7. The molecule has 1 aromatic carbocycles. The van der Waals surface area contributed by atoms with Crippen LogP contribution in [0, 0.1) is 5.92 Å². The first-order valence-electron chi connectivity index (χ1n) is 10.4. The van der Waals surface area contributed by atoms with Gasteiger partial charge in [-0.05, 0) is 36.3 Å². The molecule has 2 N–H and O–H groups in total. The third-order valence-electron chi connectivity index (χ3n) is 6.97. The standard InChI is InChI=1S/C22H28N2O5/c1-27-21(26)22(18-10-14-4-2-3-5-16(14)23-18)12-15-13-24(19(22)11-17(15)25)7-6-20-28-8-9-29-20/h2-5,10,15,17,19-20,23,25H,6-9,11-13H2,1H3/t15-,17-,19+,22-/m0/s1. The van der Waals surface area contributed by atoms with E-state index in [2.05, 4.69) is 16.0 Å². The molecule has 6 rings (SSSR count). The van der Waals surface area contributed by atoms with Crippen molar-refractivity contribution in [1.29, 1.82) is 0 Å². The van der Waals surface area contributed by atoms with Gasteiger partial charge in [-0.15, -0.1) is 0 Å². The molecule has 7 heteroatoms. The number of carbonyl (C=O) groups is 1. The Balaban J connectivity index is 1.51. The molecule has 1 aliphatic carbocycles. The molecule has 2 aromatic rings. The highest BCUT2D eigenvalue weighted by molar-refractivity contribution is 5.88. The number of aromatic nitrogens is 1. The third kappa shape index (κ3) is 3.08. The number of para-hydroxylation sites is 1. The van der Waals surface area contributed by atoms with Gasteiger partial charge in [-0.1, -0.05) is 18.2 Å². The van der Waals surface area contributed by atoms with E-state index in [1.54, 1.807) is 0 Å². The summed E-state index contributed by atoms with van der Waals surface area (Å²) in [5, 5.41) is 11.7. The number of nitrogens with one attached hydrogen (secondary N) is 1. The normalized spacial score (nSPS) is 32.8. The molecule has 29 heavy (non-hydrogen) atoms. The predicted molar refractivity (Wildman–Crippen MR) is 106 cm³/mol. The van der Waals surface area contributed by atoms with Crippen molar-refractivity contribution in [3.63, 3.8) is 0 Å². The zero-order valence-electron chi connectivity index (χ0n) is 16.7. The van der Waals surface area contributed by atoms with Crippen LogP contribution < -0.4 is 0 Å². The molecule has 0 spiro atoms. The number of rotatable bonds is 5. The number of ether oxygens (including phenoxy) is 3. The van der Waals surface area contributed by atoms with Crippen LogP contribution in [0.4, 0.5) is 0 Å². The Morgan fingerprint density at radius 3 is 2.86 bits per heavy atom. The van der Waals surface area contributed by atoms with E-state index in [9.17, 15) is 9.90 Å². The molecular weight excluding hydrogens is 372 g/mol. The smallest absolute Gasteiger partial charge is 0.319 e. The number of aliphatic hydroxyl groups excluding tert-OH is 1. The number of carbonyl (C=O) groups excluding carboxylic acids is 1. The zero-order chi connectivity index (χ0) is 20.0. The van der Waals surface area contributed by atoms with Gasteiger partial charge in [-0.2, -0.15) is 0 Å². The highest BCUT2D eigenvalue weighted by Crippen LogP contribution is 2.50. The van der Waals surface area contributed by atoms with Crippen molar-refractivity contribution in [3.05, 3.63) is 36.0 Å². The molecule has 3 saturated heterocycles. The molecule has 4 aliphatic rings. The van der Waals surface area contributed by atoms with Crippen molar-refractivity contribution < 1.29 is 24.1 Å². The van der Waals surface area contributed by atoms with Gasteiger partial charge in [-0.25, -0.2) is 0 Å². The number of fused-ring (bicyclic) bond motifs is 4. The Kier molecular flexibility index (Phi) is 4.86. The van der Waals surface area contributed by atoms with Crippen molar-refractivity contribution >= 4 is 16.9 Å². The van der Waals surface area contributed by atoms with Gasteiger partial charge in [0.25, 0.3) is 0 Å². The van der Waals surface area contributed by atoms with Crippen LogP contribution in [0.25, 0.3) is 10.9 Å². The maximum Gasteiger partial charge on any atom is 0.319 e. The average Bonchev–Trinajstić information content (AvgIpc) is 3.41. The fourth-order valence-corrected chi connectivity index (χ4v) is 5.59. The third-order valence-corrected chi connectivity index (χ3v) is 6.97. The van der Waals surface area contributed by atoms with Crippen LogP contribution in [0.2, 0.25) is 0 Å². The fraction of sp³-hybridized carbons (Fsp3) is 0.591. The van der Waals surface area contributed by atoms with Gasteiger partial charge in [0.15, 0.2) is 6.29 Å². The largest absolute Gasteiger partial charge is 0.468 e. The number of benzene rings is 1. The van der Waals surface area contributed by atoms with Crippen molar-refractivity contribution in [2.75, 3.05) is 33.4 Å². The van der Waals surface area contributed by atoms with Gasteiger partial charge in [0.2, 0.25) is 0 Å². The minimum absolute atomic E-state index is 0.0240. The molecule has 7 nitrogen and oxygen atoms in total. The maximum atomic E-state index is 13.3. The second-order valence-electron chi connectivity index (χ2n) is 8.47. The van der Waals surface area contributed by atoms with E-state index in [-0.39, 0.29) is 24.2 Å². The fourth-order valence-electron chi connectivity index (χ4n) is 5.59. The molecule has 0 amide bonds. The molecule has 4 atom stereocenters. The number of hydrogen-bond donors (Lipinski definition) is 2. The van der Waals surface area contributed by atoms with E-state index in [0.717, 1.165) is 36.1 Å². The van der Waals surface area contributed by atoms with Crippen molar-refractivity contribution in [2.24, 2.45) is 5.92 Å². The summed E-state index contributed by atoms with van der Waals surface area (Å²) < 4.78 is 16.5. The summed E-state index contributed by atoms with van der Waals surface area (Å²) in [7, 11) is 1.45. The quantitative estimate of drug-likeness (QED) is 0.745. The highest BCUT2D eigenvalue weighted by atomic mass is 16.7. The minimum Gasteiger partial charge on any atom is -0.468 e. The number of piperidine rings is 2. The summed E-state index contributed by atoms with van der Waals surface area (Å²) in [6.45, 7) is 2.81. The number of aliphatic hydroxyl groups is 1. The summed E-state index contributed by atoms with van der Waals surface area (Å²) in [4.78, 5) is 19.1. The number of H-pyrrole nitrogens is 1. The van der Waals surface area contributed by atoms with Gasteiger partial charge in [0.1, 0.15) is 5.41 Å². The summed E-state index contributed by atoms with van der Waals surface area (Å²) >= 11 is 0. The summed E-state index contributed by atoms with van der Waals surface area (Å²) in [5.74, 6) is -0.208. The van der Waals surface area contributed by atoms with Crippen LogP contribution in [0.1, 0.15) is 25.0 Å². The van der Waals surface area contributed by atoms with Crippen LogP contribution in [0.3, 0.4) is 0 Å². The van der Waals surface area contributed by atoms with Crippen molar-refractivity contribution in [3.8, 4) is 0 Å². The molecule has 156 valence electrons. The first-order valence-corrected chi connectivity index (χ1v) is 10.4. The van der Waals surface area contributed by atoms with E-state index in [1.165, 1.54) is 7.11 Å². The van der Waals surface area contributed by atoms with Crippen LogP contribution in [-0.2, 0) is 24.4 Å². The number of nitrogens with zero attached hydrogens (tertiary/aromatic N) is 1. The number of hydrogen-bond acceptors (Lipinski definition) is 6. The lowest BCUT2D eigenvalue weighted by Crippen LogP contribution is -2.68. The number of aromatic amines is 1. The second-order valence-corrected chi connectivity index (χ2v) is 8.47. The van der Waals surface area contributed by atoms with Crippen LogP contribution in [-0.4, -0.2) is 72.8 Å². The maximum absolute atomic E-state index is 13.3. The van der Waals surface area contributed by atoms with E-state index >= 15 is 0 Å². The monoisotopic (exact) mass is 400 g/mol. The Bertz CT molecular complexity index is 859. The Morgan fingerprint density at radius 2 is 2.14 bits per heavy atom. The summed E-state index contributed by atoms with van der Waals surface area (Å²) in [6.07, 6.45) is 1.33. The average molecular weight is 400 g/mol. The van der Waals surface area contributed by atoms with E-state index in [4.69, 9.17) is 14.2 Å². The van der Waals surface area contributed by atoms with Gasteiger partial charge < -0.3 is 24.3 Å². The highest BCUT2D eigenvalue weighted by Gasteiger charge is 2.60. The molecule has 4 fully saturated rings. The lowest BCUT2D eigenvalue weighted by atomic mass is 9.59. The number of esters is 1. The molecule has 1 saturated carbocycles. The van der Waals surface area contributed by atoms with E-state index in [1.807, 2.05) is 24.3 Å². The molecule has 3 aliphatic heterocycles. The van der Waals surface area contributed by atoms with Gasteiger partial charge >= 0.3 is 5.97 Å². The SMILES string of the molecule is COC(=O)[C@]1(c2cc3ccccc3[nH]2)C[C@H]2CN(CCC3OCCO3)[C@@H]1C[C@@H]2O. The van der Waals surface area contributed by atoms with Crippen LogP contribution in [0.5, 0.6) is 0 Å². The predicted octanol–water partition coefficient (Wildman–Crippen LogP) is 1.80. The lowest BCUT2D eigenvalue weighted by molar-refractivity contribution is -0.166. The van der Waals surface area contributed by atoms with Crippen molar-refractivity contribution in [1.82, 2.24) is 9.88 Å². The number of methoxy groups -OCH3 is 1. The Hall–Kier alpha value is -1.93. The molecule has 0 radical (unpaired) electrons. The molecule has 2 bridgehead atoms. The van der Waals surface area contributed by atoms with Gasteiger partial charge in [-0.3, -0.25) is 9.69 Å². The minimum atomic E-state index is -0.812. The first kappa shape index (κ1) is 19.1. The molecular formula is C22H28N2O5. The van der Waals surface area contributed by atoms with Crippen LogP contribution in [0.15, 0.2) is 30.3 Å². The Labute approximate surface area is 169 Å². The van der Waals surface area contributed by atoms with Gasteiger partial charge in [0.05, 0.1) is 26.4 Å². The van der Waals surface area contributed by atoms with E-state index < -0.39 is 11.5 Å². The lowest BCUT2D eigenvalue weighted by Gasteiger charge is -2.56. The second kappa shape index (κ2) is 7.40. The van der Waals surface area contributed by atoms with Crippen molar-refractivity contribution in [2.45, 2.75) is 43.1 Å². The van der Waals surface area contributed by atoms with Gasteiger partial charge in [0, 0.05) is 36.8 Å². The van der Waals surface area contributed by atoms with E-state index in [0.29, 0.717) is 26.1 Å². The topological polar surface area (TPSA) is 84.0 Å².